The van der Waals surface area contributed by atoms with Crippen molar-refractivity contribution in [3.05, 3.63) is 34.6 Å². The zero-order valence-corrected chi connectivity index (χ0v) is 13.7. The lowest BCUT2D eigenvalue weighted by molar-refractivity contribution is -0.121. The highest BCUT2D eigenvalue weighted by Gasteiger charge is 2.17. The Bertz CT molecular complexity index is 613. The molecule has 2 rings (SSSR count). The molecule has 1 unspecified atom stereocenters. The number of unbranched alkanes of at least 4 members (excludes halogenated alkanes) is 1. The van der Waals surface area contributed by atoms with Crippen molar-refractivity contribution in [1.82, 2.24) is 25.5 Å². The monoisotopic (exact) mass is 351 g/mol. The predicted octanol–water partition coefficient (Wildman–Crippen LogP) is 2.79. The molecule has 0 saturated carbocycles. The Morgan fingerprint density at radius 1 is 1.48 bits per heavy atom. The van der Waals surface area contributed by atoms with Crippen LogP contribution in [0.15, 0.2) is 28.7 Å². The zero-order chi connectivity index (χ0) is 15.2. The van der Waals surface area contributed by atoms with Gasteiger partial charge >= 0.3 is 0 Å². The first-order valence-electron chi connectivity index (χ1n) is 6.95. The van der Waals surface area contributed by atoms with Gasteiger partial charge in [-0.25, -0.2) is 0 Å². The van der Waals surface area contributed by atoms with Crippen LogP contribution in [0.25, 0.3) is 5.69 Å². The van der Waals surface area contributed by atoms with Crippen molar-refractivity contribution in [2.24, 2.45) is 0 Å². The Balaban J connectivity index is 2.14. The molecule has 6 nitrogen and oxygen atoms in total. The van der Waals surface area contributed by atoms with Gasteiger partial charge in [-0.05, 0) is 42.0 Å². The Morgan fingerprint density at radius 3 is 3.00 bits per heavy atom. The molecule has 0 radical (unpaired) electrons. The van der Waals surface area contributed by atoms with E-state index in [-0.39, 0.29) is 11.9 Å². The molecular formula is C14H18BrN5O. The van der Waals surface area contributed by atoms with E-state index in [0.717, 1.165) is 23.0 Å². The zero-order valence-electron chi connectivity index (χ0n) is 12.1. The maximum Gasteiger partial charge on any atom is 0.220 e. The lowest BCUT2D eigenvalue weighted by Gasteiger charge is -2.13. The average molecular weight is 352 g/mol. The highest BCUT2D eigenvalue weighted by molar-refractivity contribution is 9.10. The summed E-state index contributed by atoms with van der Waals surface area (Å²) in [5, 5.41) is 14.7. The minimum Gasteiger partial charge on any atom is -0.346 e. The molecule has 0 aliphatic heterocycles. The second-order valence-corrected chi connectivity index (χ2v) is 5.74. The molecule has 0 fully saturated rings. The molecule has 1 heterocycles. The van der Waals surface area contributed by atoms with Gasteiger partial charge in [-0.1, -0.05) is 35.3 Å². The number of amides is 1. The van der Waals surface area contributed by atoms with Crippen LogP contribution in [-0.4, -0.2) is 26.1 Å². The largest absolute Gasteiger partial charge is 0.346 e. The number of halogens is 1. The van der Waals surface area contributed by atoms with Gasteiger partial charge in [0.1, 0.15) is 0 Å². The first kappa shape index (κ1) is 15.6. The molecule has 0 aliphatic rings. The summed E-state index contributed by atoms with van der Waals surface area (Å²) >= 11 is 3.43. The molecule has 0 bridgehead atoms. The smallest absolute Gasteiger partial charge is 0.220 e. The summed E-state index contributed by atoms with van der Waals surface area (Å²) in [6.45, 7) is 3.94. The predicted molar refractivity (Wildman–Crippen MR) is 82.9 cm³/mol. The van der Waals surface area contributed by atoms with Gasteiger partial charge in [-0.3, -0.25) is 4.79 Å². The lowest BCUT2D eigenvalue weighted by atomic mass is 10.2. The number of benzene rings is 1. The van der Waals surface area contributed by atoms with Crippen LogP contribution in [0.2, 0.25) is 0 Å². The fourth-order valence-corrected chi connectivity index (χ4v) is 2.36. The maximum atomic E-state index is 11.8. The van der Waals surface area contributed by atoms with Crippen LogP contribution in [0.3, 0.4) is 0 Å². The van der Waals surface area contributed by atoms with Crippen molar-refractivity contribution in [2.75, 3.05) is 0 Å². The topological polar surface area (TPSA) is 72.7 Å². The molecule has 1 amide bonds. The van der Waals surface area contributed by atoms with Gasteiger partial charge in [0.25, 0.3) is 0 Å². The first-order valence-corrected chi connectivity index (χ1v) is 7.74. The third-order valence-electron chi connectivity index (χ3n) is 3.07. The van der Waals surface area contributed by atoms with E-state index >= 15 is 0 Å². The molecule has 1 atom stereocenters. The van der Waals surface area contributed by atoms with Crippen LogP contribution in [0.5, 0.6) is 0 Å². The molecule has 1 aromatic heterocycles. The molecule has 21 heavy (non-hydrogen) atoms. The third kappa shape index (κ3) is 4.10. The van der Waals surface area contributed by atoms with Crippen molar-refractivity contribution < 1.29 is 4.79 Å². The minimum absolute atomic E-state index is 0.0214. The van der Waals surface area contributed by atoms with Crippen LogP contribution in [0.4, 0.5) is 0 Å². The van der Waals surface area contributed by atoms with E-state index in [1.54, 1.807) is 4.68 Å². The highest BCUT2D eigenvalue weighted by Crippen LogP contribution is 2.18. The summed E-state index contributed by atoms with van der Waals surface area (Å²) in [5.41, 5.74) is 0.846. The summed E-state index contributed by atoms with van der Waals surface area (Å²) in [6.07, 6.45) is 2.41. The Morgan fingerprint density at radius 2 is 2.29 bits per heavy atom. The number of aromatic nitrogens is 4. The molecule has 7 heteroatoms. The third-order valence-corrected chi connectivity index (χ3v) is 3.56. The molecule has 0 spiro atoms. The fraction of sp³-hybridized carbons (Fsp3) is 0.429. The number of carbonyl (C=O) groups is 1. The summed E-state index contributed by atoms with van der Waals surface area (Å²) in [5.74, 6) is 0.631. The van der Waals surface area contributed by atoms with E-state index in [1.807, 2.05) is 31.2 Å². The van der Waals surface area contributed by atoms with E-state index in [4.69, 9.17) is 0 Å². The number of tetrazole rings is 1. The molecule has 112 valence electrons. The second kappa shape index (κ2) is 7.31. The number of nitrogens with zero attached hydrogens (tertiary/aromatic N) is 4. The van der Waals surface area contributed by atoms with E-state index in [0.29, 0.717) is 12.2 Å². The number of carbonyl (C=O) groups excluding carboxylic acids is 1. The normalized spacial score (nSPS) is 12.1. The Hall–Kier alpha value is -1.76. The highest BCUT2D eigenvalue weighted by atomic mass is 79.9. The Labute approximate surface area is 132 Å². The van der Waals surface area contributed by atoms with E-state index in [2.05, 4.69) is 43.7 Å². The molecule has 2 aromatic rings. The van der Waals surface area contributed by atoms with Gasteiger partial charge < -0.3 is 5.32 Å². The van der Waals surface area contributed by atoms with Gasteiger partial charge in [0.2, 0.25) is 5.91 Å². The van der Waals surface area contributed by atoms with Crippen LogP contribution < -0.4 is 5.32 Å². The first-order chi connectivity index (χ1) is 10.1. The SMILES string of the molecule is CCCCC(=O)NC(C)c1nnnn1-c1cccc(Br)c1. The summed E-state index contributed by atoms with van der Waals surface area (Å²) in [6, 6.07) is 7.43. The average Bonchev–Trinajstić information content (AvgIpc) is 2.94. The lowest BCUT2D eigenvalue weighted by Crippen LogP contribution is -2.28. The van der Waals surface area contributed by atoms with Crippen molar-refractivity contribution in [2.45, 2.75) is 39.2 Å². The van der Waals surface area contributed by atoms with E-state index in [9.17, 15) is 4.79 Å². The molecular weight excluding hydrogens is 334 g/mol. The summed E-state index contributed by atoms with van der Waals surface area (Å²) in [7, 11) is 0. The van der Waals surface area contributed by atoms with E-state index < -0.39 is 0 Å². The molecule has 1 N–H and O–H groups in total. The van der Waals surface area contributed by atoms with Gasteiger partial charge in [-0.15, -0.1) is 5.10 Å². The number of nitrogens with one attached hydrogen (secondary N) is 1. The van der Waals surface area contributed by atoms with Crippen LogP contribution in [0.1, 0.15) is 45.0 Å². The summed E-state index contributed by atoms with van der Waals surface area (Å²) < 4.78 is 2.58. The van der Waals surface area contributed by atoms with Crippen molar-refractivity contribution in [1.29, 1.82) is 0 Å². The quantitative estimate of drug-likeness (QED) is 0.868. The minimum atomic E-state index is -0.247. The number of hydrogen-bond donors (Lipinski definition) is 1. The van der Waals surface area contributed by atoms with Crippen LogP contribution >= 0.6 is 15.9 Å². The Kier molecular flexibility index (Phi) is 5.44. The van der Waals surface area contributed by atoms with Crippen LogP contribution in [0, 0.1) is 0 Å². The van der Waals surface area contributed by atoms with Crippen molar-refractivity contribution in [3.8, 4) is 5.69 Å². The molecule has 1 aromatic carbocycles. The van der Waals surface area contributed by atoms with Gasteiger partial charge in [-0.2, -0.15) is 4.68 Å². The van der Waals surface area contributed by atoms with Gasteiger partial charge in [0, 0.05) is 10.9 Å². The van der Waals surface area contributed by atoms with Crippen molar-refractivity contribution >= 4 is 21.8 Å². The van der Waals surface area contributed by atoms with E-state index in [1.165, 1.54) is 0 Å². The molecule has 0 saturated heterocycles. The standard InChI is InChI=1S/C14H18BrN5O/c1-3-4-8-13(21)16-10(2)14-17-18-19-20(14)12-7-5-6-11(15)9-12/h5-7,9-10H,3-4,8H2,1-2H3,(H,16,21). The van der Waals surface area contributed by atoms with Crippen LogP contribution in [-0.2, 0) is 4.79 Å². The van der Waals surface area contributed by atoms with Gasteiger partial charge in [0.15, 0.2) is 5.82 Å². The second-order valence-electron chi connectivity index (χ2n) is 4.82. The summed E-state index contributed by atoms with van der Waals surface area (Å²) in [4.78, 5) is 11.8. The number of rotatable bonds is 6. The molecule has 0 aliphatic carbocycles. The maximum absolute atomic E-state index is 11.8. The number of hydrogen-bond acceptors (Lipinski definition) is 4. The van der Waals surface area contributed by atoms with Gasteiger partial charge in [0.05, 0.1) is 11.7 Å². The fourth-order valence-electron chi connectivity index (χ4n) is 1.97. The van der Waals surface area contributed by atoms with Crippen molar-refractivity contribution in [3.63, 3.8) is 0 Å².